The third-order valence-electron chi connectivity index (χ3n) is 6.87. The van der Waals surface area contributed by atoms with Crippen LogP contribution in [0.4, 0.5) is 4.39 Å². The minimum atomic E-state index is -0.273. The van der Waals surface area contributed by atoms with Gasteiger partial charge in [0.05, 0.1) is 24.5 Å². The fraction of sp³-hybridized carbons (Fsp3) is 0.545. The van der Waals surface area contributed by atoms with E-state index >= 15 is 0 Å². The van der Waals surface area contributed by atoms with Gasteiger partial charge in [-0.1, -0.05) is 6.07 Å². The quantitative estimate of drug-likeness (QED) is 0.858. The van der Waals surface area contributed by atoms with Crippen molar-refractivity contribution >= 4 is 5.91 Å². The van der Waals surface area contributed by atoms with E-state index in [4.69, 9.17) is 0 Å². The van der Waals surface area contributed by atoms with Gasteiger partial charge >= 0.3 is 0 Å². The first-order valence-electron chi connectivity index (χ1n) is 10.6. The second-order valence-electron chi connectivity index (χ2n) is 8.73. The Morgan fingerprint density at radius 1 is 1.24 bits per heavy atom. The molecule has 3 aliphatic rings. The molecule has 0 radical (unpaired) electrons. The third kappa shape index (κ3) is 3.46. The predicted molar refractivity (Wildman–Crippen MR) is 106 cm³/mol. The smallest absolute Gasteiger partial charge is 0.223 e. The normalized spacial score (nSPS) is 29.7. The first kappa shape index (κ1) is 18.8. The molecule has 1 N–H and O–H groups in total. The first-order chi connectivity index (χ1) is 14.1. The van der Waals surface area contributed by atoms with Crippen molar-refractivity contribution in [3.05, 3.63) is 48.0 Å². The van der Waals surface area contributed by atoms with Crippen molar-refractivity contribution < 1.29 is 14.3 Å². The number of hydrogen-bond acceptors (Lipinski definition) is 4. The average Bonchev–Trinajstić information content (AvgIpc) is 3.17. The van der Waals surface area contributed by atoms with E-state index in [9.17, 15) is 14.3 Å². The Bertz CT molecular complexity index is 886. The van der Waals surface area contributed by atoms with Gasteiger partial charge in [0.2, 0.25) is 5.91 Å². The van der Waals surface area contributed by atoms with E-state index in [0.717, 1.165) is 44.5 Å². The van der Waals surface area contributed by atoms with Gasteiger partial charge < -0.3 is 10.0 Å². The maximum atomic E-state index is 13.5. The number of fused-ring (bicyclic) bond motifs is 4. The third-order valence-corrected chi connectivity index (χ3v) is 6.87. The zero-order chi connectivity index (χ0) is 20.0. The molecule has 0 unspecified atom stereocenters. The lowest BCUT2D eigenvalue weighted by atomic mass is 9.72. The standard InChI is InChI=1S/C22H27FN4O2/c23-18-3-1-4-19(8-18)26-11-15(9-24-26)10-25-12-16-7-17(13-25)21(14-28)27-20(16)5-2-6-22(27)29/h1,3-4,8-9,11,16-17,20-21,28H,2,5-7,10,12-14H2/t16-,17+,20+,21+/m1/s1. The molecular formula is C22H27FN4O2. The van der Waals surface area contributed by atoms with Gasteiger partial charge in [-0.15, -0.1) is 0 Å². The molecule has 6 nitrogen and oxygen atoms in total. The summed E-state index contributed by atoms with van der Waals surface area (Å²) >= 11 is 0. The molecule has 29 heavy (non-hydrogen) atoms. The Balaban J connectivity index is 1.32. The SMILES string of the molecule is O=C1CCC[C@H]2[C@@H]3C[C@@H](CN(Cc4cnn(-c5cccc(F)c5)c4)C3)[C@H](CO)N12. The highest BCUT2D eigenvalue weighted by atomic mass is 19.1. The number of hydrogen-bond donors (Lipinski definition) is 1. The van der Waals surface area contributed by atoms with Gasteiger partial charge in [0, 0.05) is 43.9 Å². The van der Waals surface area contributed by atoms with Crippen LogP contribution in [0.1, 0.15) is 31.2 Å². The lowest BCUT2D eigenvalue weighted by molar-refractivity contribution is -0.155. The van der Waals surface area contributed by atoms with E-state index in [0.29, 0.717) is 23.9 Å². The number of amides is 1. The van der Waals surface area contributed by atoms with Crippen LogP contribution in [0.15, 0.2) is 36.7 Å². The highest BCUT2D eigenvalue weighted by molar-refractivity contribution is 5.78. The Hall–Kier alpha value is -2.25. The number of benzene rings is 1. The molecular weight excluding hydrogens is 371 g/mol. The summed E-state index contributed by atoms with van der Waals surface area (Å²) in [4.78, 5) is 17.0. The fourth-order valence-corrected chi connectivity index (χ4v) is 5.70. The average molecular weight is 398 g/mol. The minimum absolute atomic E-state index is 0.0466. The number of piperidine rings is 3. The van der Waals surface area contributed by atoms with Gasteiger partial charge in [0.15, 0.2) is 0 Å². The molecule has 3 fully saturated rings. The summed E-state index contributed by atoms with van der Waals surface area (Å²) in [6, 6.07) is 6.64. The molecule has 1 amide bonds. The zero-order valence-electron chi connectivity index (χ0n) is 16.5. The molecule has 0 aliphatic carbocycles. The molecule has 1 aromatic heterocycles. The first-order valence-corrected chi connectivity index (χ1v) is 10.6. The number of carbonyl (C=O) groups is 1. The van der Waals surface area contributed by atoms with Crippen molar-refractivity contribution in [3.63, 3.8) is 0 Å². The highest BCUT2D eigenvalue weighted by Crippen LogP contribution is 2.41. The number of aromatic nitrogens is 2. The monoisotopic (exact) mass is 398 g/mol. The number of carbonyl (C=O) groups excluding carboxylic acids is 1. The van der Waals surface area contributed by atoms with Gasteiger partial charge in [0.25, 0.3) is 0 Å². The second kappa shape index (κ2) is 7.54. The summed E-state index contributed by atoms with van der Waals surface area (Å²) in [6.07, 6.45) is 7.52. The number of likely N-dealkylation sites (tertiary alicyclic amines) is 1. The number of aliphatic hydroxyl groups excluding tert-OH is 1. The molecule has 0 spiro atoms. The van der Waals surface area contributed by atoms with Crippen molar-refractivity contribution in [1.82, 2.24) is 19.6 Å². The van der Waals surface area contributed by atoms with Crippen LogP contribution in [-0.2, 0) is 11.3 Å². The van der Waals surface area contributed by atoms with Crippen molar-refractivity contribution in [3.8, 4) is 5.69 Å². The van der Waals surface area contributed by atoms with E-state index in [2.05, 4.69) is 10.00 Å². The Labute approximate surface area is 169 Å². The molecule has 0 saturated carbocycles. The van der Waals surface area contributed by atoms with E-state index in [1.165, 1.54) is 12.1 Å². The summed E-state index contributed by atoms with van der Waals surface area (Å²) < 4.78 is 15.2. The molecule has 2 bridgehead atoms. The second-order valence-corrected chi connectivity index (χ2v) is 8.73. The Kier molecular flexibility index (Phi) is 4.87. The van der Waals surface area contributed by atoms with E-state index < -0.39 is 0 Å². The van der Waals surface area contributed by atoms with Gasteiger partial charge in [-0.05, 0) is 49.3 Å². The topological polar surface area (TPSA) is 61.6 Å². The van der Waals surface area contributed by atoms with Gasteiger partial charge in [-0.25, -0.2) is 9.07 Å². The lowest BCUT2D eigenvalue weighted by Gasteiger charge is -2.56. The maximum Gasteiger partial charge on any atom is 0.223 e. The van der Waals surface area contributed by atoms with Crippen LogP contribution < -0.4 is 0 Å². The van der Waals surface area contributed by atoms with Crippen molar-refractivity contribution in [2.24, 2.45) is 11.8 Å². The molecule has 5 rings (SSSR count). The summed E-state index contributed by atoms with van der Waals surface area (Å²) in [5.41, 5.74) is 1.80. The molecule has 154 valence electrons. The number of rotatable bonds is 4. The summed E-state index contributed by atoms with van der Waals surface area (Å²) in [5.74, 6) is 0.735. The molecule has 3 saturated heterocycles. The molecule has 4 heterocycles. The van der Waals surface area contributed by atoms with E-state index in [1.54, 1.807) is 10.7 Å². The number of aliphatic hydroxyl groups is 1. The van der Waals surface area contributed by atoms with Crippen molar-refractivity contribution in [2.45, 2.75) is 44.3 Å². The molecule has 1 aromatic carbocycles. The molecule has 7 heteroatoms. The van der Waals surface area contributed by atoms with E-state index in [1.807, 2.05) is 23.4 Å². The molecule has 3 aliphatic heterocycles. The Morgan fingerprint density at radius 2 is 2.10 bits per heavy atom. The fourth-order valence-electron chi connectivity index (χ4n) is 5.70. The summed E-state index contributed by atoms with van der Waals surface area (Å²) in [6.45, 7) is 2.67. The van der Waals surface area contributed by atoms with Crippen LogP contribution in [-0.4, -0.2) is 62.4 Å². The molecule has 4 atom stereocenters. The maximum absolute atomic E-state index is 13.5. The van der Waals surface area contributed by atoms with Gasteiger partial charge in [-0.3, -0.25) is 9.69 Å². The minimum Gasteiger partial charge on any atom is -0.394 e. The highest BCUT2D eigenvalue weighted by Gasteiger charge is 2.49. The lowest BCUT2D eigenvalue weighted by Crippen LogP contribution is -2.65. The van der Waals surface area contributed by atoms with Crippen LogP contribution in [0.25, 0.3) is 5.69 Å². The van der Waals surface area contributed by atoms with Crippen LogP contribution in [0, 0.1) is 17.7 Å². The van der Waals surface area contributed by atoms with Gasteiger partial charge in [0.1, 0.15) is 5.82 Å². The zero-order valence-corrected chi connectivity index (χ0v) is 16.5. The van der Waals surface area contributed by atoms with Crippen LogP contribution >= 0.6 is 0 Å². The van der Waals surface area contributed by atoms with E-state index in [-0.39, 0.29) is 30.4 Å². The number of nitrogens with zero attached hydrogens (tertiary/aromatic N) is 4. The predicted octanol–water partition coefficient (Wildman–Crippen LogP) is 2.21. The van der Waals surface area contributed by atoms with Crippen LogP contribution in [0.2, 0.25) is 0 Å². The molecule has 2 aromatic rings. The Morgan fingerprint density at radius 3 is 2.93 bits per heavy atom. The number of halogens is 1. The summed E-state index contributed by atoms with van der Waals surface area (Å²) in [7, 11) is 0. The van der Waals surface area contributed by atoms with Crippen LogP contribution in [0.3, 0.4) is 0 Å². The van der Waals surface area contributed by atoms with Gasteiger partial charge in [-0.2, -0.15) is 5.10 Å². The van der Waals surface area contributed by atoms with Crippen molar-refractivity contribution in [2.75, 3.05) is 19.7 Å². The van der Waals surface area contributed by atoms with Crippen LogP contribution in [0.5, 0.6) is 0 Å². The largest absolute Gasteiger partial charge is 0.394 e. The summed E-state index contributed by atoms with van der Waals surface area (Å²) in [5, 5.41) is 14.4. The van der Waals surface area contributed by atoms with Crippen molar-refractivity contribution in [1.29, 1.82) is 0 Å².